The second-order valence-corrected chi connectivity index (χ2v) is 8.77. The van der Waals surface area contributed by atoms with Gasteiger partial charge < -0.3 is 10.1 Å². The topological polar surface area (TPSA) is 75.7 Å². The molecule has 28 heavy (non-hydrogen) atoms. The molecule has 1 N–H and O–H groups in total. The highest BCUT2D eigenvalue weighted by Crippen LogP contribution is 2.26. The Morgan fingerprint density at radius 2 is 1.89 bits per heavy atom. The number of ether oxygens (including phenoxy) is 1. The third kappa shape index (κ3) is 5.53. The van der Waals surface area contributed by atoms with E-state index in [0.717, 1.165) is 16.7 Å². The van der Waals surface area contributed by atoms with Gasteiger partial charge in [-0.3, -0.25) is 4.79 Å². The summed E-state index contributed by atoms with van der Waals surface area (Å²) in [5, 5.41) is 2.81. The summed E-state index contributed by atoms with van der Waals surface area (Å²) in [4.78, 5) is 12.1. The number of carbonyl (C=O) groups excluding carboxylic acids is 1. The van der Waals surface area contributed by atoms with E-state index in [1.165, 1.54) is 22.7 Å². The van der Waals surface area contributed by atoms with Gasteiger partial charge in [0.2, 0.25) is 15.9 Å². The van der Waals surface area contributed by atoms with Crippen molar-refractivity contribution in [3.63, 3.8) is 0 Å². The van der Waals surface area contributed by atoms with Crippen LogP contribution in [0.4, 0.5) is 4.39 Å². The third-order valence-corrected chi connectivity index (χ3v) is 5.83. The fourth-order valence-electron chi connectivity index (χ4n) is 3.01. The fourth-order valence-corrected chi connectivity index (χ4v) is 3.79. The van der Waals surface area contributed by atoms with Crippen LogP contribution in [-0.4, -0.2) is 38.0 Å². The molecule has 0 radical (unpaired) electrons. The third-order valence-electron chi connectivity index (χ3n) is 4.58. The van der Waals surface area contributed by atoms with Gasteiger partial charge in [0, 0.05) is 31.6 Å². The van der Waals surface area contributed by atoms with E-state index in [4.69, 9.17) is 4.74 Å². The smallest absolute Gasteiger partial charge is 0.220 e. The van der Waals surface area contributed by atoms with Crippen LogP contribution in [0.15, 0.2) is 42.5 Å². The summed E-state index contributed by atoms with van der Waals surface area (Å²) in [6.45, 7) is 1.24. The molecule has 0 saturated carbocycles. The average Bonchev–Trinajstić information content (AvgIpc) is 2.88. The Balaban J connectivity index is 1.57. The lowest BCUT2D eigenvalue weighted by Gasteiger charge is -2.16. The van der Waals surface area contributed by atoms with Crippen LogP contribution in [0.5, 0.6) is 5.75 Å². The number of nitrogens with one attached hydrogen (secondary N) is 1. The molecule has 8 heteroatoms. The molecule has 3 rings (SSSR count). The van der Waals surface area contributed by atoms with Crippen molar-refractivity contribution >= 4 is 15.9 Å². The first-order chi connectivity index (χ1) is 13.3. The van der Waals surface area contributed by atoms with Crippen molar-refractivity contribution in [1.82, 2.24) is 9.62 Å². The standard InChI is InChI=1S/C20H23FN2O4S/c1-28(25,26)23-10-11-27-19-8-4-15(12-17(19)14-23)5-9-20(24)22-13-16-2-6-18(21)7-3-16/h2-4,6-8,12H,5,9-11,13-14H2,1H3,(H,22,24). The zero-order chi connectivity index (χ0) is 20.1. The molecule has 0 aliphatic carbocycles. The first-order valence-electron chi connectivity index (χ1n) is 9.02. The van der Waals surface area contributed by atoms with E-state index in [2.05, 4.69) is 5.32 Å². The molecular weight excluding hydrogens is 383 g/mol. The van der Waals surface area contributed by atoms with Gasteiger partial charge in [-0.1, -0.05) is 24.3 Å². The van der Waals surface area contributed by atoms with Crippen molar-refractivity contribution in [3.8, 4) is 5.75 Å². The molecule has 2 aromatic carbocycles. The molecule has 2 aromatic rings. The average molecular weight is 406 g/mol. The van der Waals surface area contributed by atoms with Gasteiger partial charge in [-0.2, -0.15) is 4.31 Å². The first kappa shape index (κ1) is 20.3. The molecule has 1 heterocycles. The first-order valence-corrected chi connectivity index (χ1v) is 10.9. The number of rotatable bonds is 6. The summed E-state index contributed by atoms with van der Waals surface area (Å²) in [7, 11) is -3.30. The van der Waals surface area contributed by atoms with Gasteiger partial charge in [0.25, 0.3) is 0 Å². The van der Waals surface area contributed by atoms with Crippen LogP contribution in [0, 0.1) is 5.82 Å². The maximum Gasteiger partial charge on any atom is 0.220 e. The lowest BCUT2D eigenvalue weighted by Crippen LogP contribution is -2.31. The van der Waals surface area contributed by atoms with E-state index in [-0.39, 0.29) is 18.3 Å². The molecule has 0 saturated heterocycles. The number of aryl methyl sites for hydroxylation is 1. The molecule has 1 amide bonds. The predicted molar refractivity (Wildman–Crippen MR) is 104 cm³/mol. The molecule has 150 valence electrons. The highest BCUT2D eigenvalue weighted by molar-refractivity contribution is 7.88. The van der Waals surface area contributed by atoms with Gasteiger partial charge in [-0.05, 0) is 35.7 Å². The fraction of sp³-hybridized carbons (Fsp3) is 0.350. The van der Waals surface area contributed by atoms with Crippen LogP contribution in [0.3, 0.4) is 0 Å². The zero-order valence-corrected chi connectivity index (χ0v) is 16.5. The maximum absolute atomic E-state index is 12.9. The number of fused-ring (bicyclic) bond motifs is 1. The quantitative estimate of drug-likeness (QED) is 0.798. The van der Waals surface area contributed by atoms with E-state index in [1.54, 1.807) is 12.1 Å². The van der Waals surface area contributed by atoms with Crippen molar-refractivity contribution in [2.75, 3.05) is 19.4 Å². The van der Waals surface area contributed by atoms with E-state index in [1.807, 2.05) is 18.2 Å². The predicted octanol–water partition coefficient (Wildman–Crippen LogP) is 2.23. The molecule has 0 unspecified atom stereocenters. The van der Waals surface area contributed by atoms with Gasteiger partial charge in [-0.15, -0.1) is 0 Å². The molecule has 0 bridgehead atoms. The molecular formula is C20H23FN2O4S. The molecule has 0 spiro atoms. The molecule has 0 aromatic heterocycles. The Bertz CT molecular complexity index is 945. The summed E-state index contributed by atoms with van der Waals surface area (Å²) in [6.07, 6.45) is 2.02. The van der Waals surface area contributed by atoms with Gasteiger partial charge >= 0.3 is 0 Å². The highest BCUT2D eigenvalue weighted by atomic mass is 32.2. The molecule has 1 aliphatic rings. The number of amides is 1. The van der Waals surface area contributed by atoms with Crippen LogP contribution in [0.25, 0.3) is 0 Å². The summed E-state index contributed by atoms with van der Waals surface area (Å²) >= 11 is 0. The second-order valence-electron chi connectivity index (χ2n) is 6.79. The van der Waals surface area contributed by atoms with Crippen molar-refractivity contribution in [1.29, 1.82) is 0 Å². The van der Waals surface area contributed by atoms with E-state index in [0.29, 0.717) is 38.3 Å². The Hall–Kier alpha value is -2.45. The van der Waals surface area contributed by atoms with Gasteiger partial charge in [-0.25, -0.2) is 12.8 Å². The maximum atomic E-state index is 12.9. The summed E-state index contributed by atoms with van der Waals surface area (Å²) in [5.41, 5.74) is 2.57. The summed E-state index contributed by atoms with van der Waals surface area (Å²) in [6, 6.07) is 11.6. The minimum atomic E-state index is -3.30. The van der Waals surface area contributed by atoms with Gasteiger partial charge in [0.15, 0.2) is 0 Å². The van der Waals surface area contributed by atoms with Gasteiger partial charge in [0.05, 0.1) is 6.26 Å². The molecule has 1 aliphatic heterocycles. The SMILES string of the molecule is CS(=O)(=O)N1CCOc2ccc(CCC(=O)NCc3ccc(F)cc3)cc2C1. The second kappa shape index (κ2) is 8.70. The Morgan fingerprint density at radius 1 is 1.18 bits per heavy atom. The van der Waals surface area contributed by atoms with Crippen molar-refractivity contribution < 1.29 is 22.3 Å². The number of halogens is 1. The van der Waals surface area contributed by atoms with E-state index < -0.39 is 10.0 Å². The van der Waals surface area contributed by atoms with Crippen LogP contribution in [-0.2, 0) is 34.3 Å². The monoisotopic (exact) mass is 406 g/mol. The number of sulfonamides is 1. The van der Waals surface area contributed by atoms with Crippen LogP contribution in [0.1, 0.15) is 23.1 Å². The summed E-state index contributed by atoms with van der Waals surface area (Å²) in [5.74, 6) is 0.264. The van der Waals surface area contributed by atoms with Crippen molar-refractivity contribution in [3.05, 3.63) is 65.0 Å². The van der Waals surface area contributed by atoms with Crippen molar-refractivity contribution in [2.45, 2.75) is 25.9 Å². The number of carbonyl (C=O) groups is 1. The number of hydrogen-bond acceptors (Lipinski definition) is 4. The lowest BCUT2D eigenvalue weighted by atomic mass is 10.0. The minimum Gasteiger partial charge on any atom is -0.492 e. The van der Waals surface area contributed by atoms with Crippen LogP contribution in [0.2, 0.25) is 0 Å². The lowest BCUT2D eigenvalue weighted by molar-refractivity contribution is -0.121. The summed E-state index contributed by atoms with van der Waals surface area (Å²) < 4.78 is 43.6. The highest BCUT2D eigenvalue weighted by Gasteiger charge is 2.22. The van der Waals surface area contributed by atoms with E-state index >= 15 is 0 Å². The number of nitrogens with zero attached hydrogens (tertiary/aromatic N) is 1. The number of benzene rings is 2. The van der Waals surface area contributed by atoms with Gasteiger partial charge in [0.1, 0.15) is 18.2 Å². The van der Waals surface area contributed by atoms with Crippen LogP contribution < -0.4 is 10.1 Å². The molecule has 0 fully saturated rings. The minimum absolute atomic E-state index is 0.103. The van der Waals surface area contributed by atoms with Crippen LogP contribution >= 0.6 is 0 Å². The molecule has 6 nitrogen and oxygen atoms in total. The Labute approximate surface area is 164 Å². The largest absolute Gasteiger partial charge is 0.492 e. The normalized spacial score (nSPS) is 14.6. The molecule has 0 atom stereocenters. The Kier molecular flexibility index (Phi) is 6.31. The zero-order valence-electron chi connectivity index (χ0n) is 15.7. The Morgan fingerprint density at radius 3 is 2.61 bits per heavy atom. The van der Waals surface area contributed by atoms with E-state index in [9.17, 15) is 17.6 Å². The number of hydrogen-bond donors (Lipinski definition) is 1. The van der Waals surface area contributed by atoms with Crippen molar-refractivity contribution in [2.24, 2.45) is 0 Å².